The number of carbonyl (C=O) groups excluding carboxylic acids is 1. The molecule has 4 rings (SSSR count). The molecule has 2 N–H and O–H groups in total. The molecule has 0 radical (unpaired) electrons. The van der Waals surface area contributed by atoms with E-state index in [1.165, 1.54) is 6.42 Å². The molecule has 0 aliphatic carbocycles. The number of para-hydroxylation sites is 1. The molecule has 1 aliphatic heterocycles. The van der Waals surface area contributed by atoms with Crippen molar-refractivity contribution in [2.24, 2.45) is 0 Å². The van der Waals surface area contributed by atoms with E-state index in [2.05, 4.69) is 20.7 Å². The fraction of sp³-hybridized carbons (Fsp3) is 0.350. The Hall–Kier alpha value is -2.73. The number of piperidine rings is 1. The van der Waals surface area contributed by atoms with Crippen molar-refractivity contribution >= 4 is 16.8 Å². The van der Waals surface area contributed by atoms with Crippen LogP contribution >= 0.6 is 0 Å². The van der Waals surface area contributed by atoms with E-state index in [-0.39, 0.29) is 12.5 Å². The van der Waals surface area contributed by atoms with Crippen LogP contribution in [-0.4, -0.2) is 33.8 Å². The van der Waals surface area contributed by atoms with Crippen LogP contribution in [0.2, 0.25) is 0 Å². The van der Waals surface area contributed by atoms with Gasteiger partial charge in [0, 0.05) is 36.8 Å². The number of hydrogen-bond donors (Lipinski definition) is 2. The van der Waals surface area contributed by atoms with Crippen molar-refractivity contribution < 1.29 is 4.79 Å². The molecule has 3 aromatic rings. The zero-order valence-electron chi connectivity index (χ0n) is 14.7. The molecule has 2 aromatic heterocycles. The summed E-state index contributed by atoms with van der Waals surface area (Å²) in [6, 6.07) is 11.9. The molecule has 0 bridgehead atoms. The van der Waals surface area contributed by atoms with E-state index in [1.807, 2.05) is 42.6 Å². The molecule has 0 spiro atoms. The highest BCUT2D eigenvalue weighted by atomic mass is 16.2. The van der Waals surface area contributed by atoms with Crippen molar-refractivity contribution in [2.45, 2.75) is 31.8 Å². The van der Waals surface area contributed by atoms with Gasteiger partial charge in [-0.25, -0.2) is 0 Å². The standard InChI is InChI=1S/C20H23N5O/c26-20(14-25-11-8-18(24-25)16-4-3-9-21-12-16)23-13-15-7-10-22-19-6-2-1-5-17(15)19/h1-2,5-8,10-11,16,21H,3-4,9,12-14H2,(H,23,26)/t16-/m1/s1. The van der Waals surface area contributed by atoms with Crippen LogP contribution in [0.5, 0.6) is 0 Å². The number of amides is 1. The van der Waals surface area contributed by atoms with E-state index in [0.29, 0.717) is 12.5 Å². The molecule has 26 heavy (non-hydrogen) atoms. The third-order valence-corrected chi connectivity index (χ3v) is 4.90. The van der Waals surface area contributed by atoms with Gasteiger partial charge in [-0.2, -0.15) is 5.10 Å². The molecular weight excluding hydrogens is 326 g/mol. The second-order valence-electron chi connectivity index (χ2n) is 6.75. The van der Waals surface area contributed by atoms with Gasteiger partial charge in [0.2, 0.25) is 5.91 Å². The number of benzene rings is 1. The number of fused-ring (bicyclic) bond motifs is 1. The van der Waals surface area contributed by atoms with Crippen molar-refractivity contribution in [1.29, 1.82) is 0 Å². The quantitative estimate of drug-likeness (QED) is 0.741. The zero-order chi connectivity index (χ0) is 17.8. The minimum absolute atomic E-state index is 0.0395. The third kappa shape index (κ3) is 3.75. The fourth-order valence-corrected chi connectivity index (χ4v) is 3.49. The summed E-state index contributed by atoms with van der Waals surface area (Å²) < 4.78 is 1.73. The van der Waals surface area contributed by atoms with Gasteiger partial charge in [0.05, 0.1) is 11.2 Å². The Morgan fingerprint density at radius 2 is 2.19 bits per heavy atom. The van der Waals surface area contributed by atoms with Crippen LogP contribution in [0.4, 0.5) is 0 Å². The lowest BCUT2D eigenvalue weighted by atomic mass is 9.97. The monoisotopic (exact) mass is 349 g/mol. The van der Waals surface area contributed by atoms with Crippen molar-refractivity contribution in [3.63, 3.8) is 0 Å². The predicted octanol–water partition coefficient (Wildman–Crippen LogP) is 2.21. The molecule has 1 aromatic carbocycles. The molecule has 6 heteroatoms. The zero-order valence-corrected chi connectivity index (χ0v) is 14.7. The van der Waals surface area contributed by atoms with E-state index >= 15 is 0 Å². The van der Waals surface area contributed by atoms with Gasteiger partial charge in [-0.3, -0.25) is 14.5 Å². The number of rotatable bonds is 5. The van der Waals surface area contributed by atoms with E-state index < -0.39 is 0 Å². The van der Waals surface area contributed by atoms with Gasteiger partial charge < -0.3 is 10.6 Å². The van der Waals surface area contributed by atoms with E-state index in [1.54, 1.807) is 10.9 Å². The second-order valence-corrected chi connectivity index (χ2v) is 6.75. The first-order valence-corrected chi connectivity index (χ1v) is 9.13. The predicted molar refractivity (Wildman–Crippen MR) is 101 cm³/mol. The summed E-state index contributed by atoms with van der Waals surface area (Å²) in [5, 5.41) is 12.0. The highest BCUT2D eigenvalue weighted by Crippen LogP contribution is 2.21. The summed E-state index contributed by atoms with van der Waals surface area (Å²) in [6.07, 6.45) is 6.01. The first-order chi connectivity index (χ1) is 12.8. The summed E-state index contributed by atoms with van der Waals surface area (Å²) in [4.78, 5) is 16.7. The summed E-state index contributed by atoms with van der Waals surface area (Å²) in [5.74, 6) is 0.415. The van der Waals surface area contributed by atoms with Crippen molar-refractivity contribution in [1.82, 2.24) is 25.4 Å². The Kier molecular flexibility index (Phi) is 4.93. The van der Waals surface area contributed by atoms with Crippen molar-refractivity contribution in [3.8, 4) is 0 Å². The van der Waals surface area contributed by atoms with Crippen LogP contribution in [0.25, 0.3) is 10.9 Å². The van der Waals surface area contributed by atoms with Crippen LogP contribution in [0.1, 0.15) is 30.0 Å². The largest absolute Gasteiger partial charge is 0.350 e. The highest BCUT2D eigenvalue weighted by Gasteiger charge is 2.17. The number of nitrogens with one attached hydrogen (secondary N) is 2. The van der Waals surface area contributed by atoms with E-state index in [9.17, 15) is 4.79 Å². The molecule has 0 saturated carbocycles. The first-order valence-electron chi connectivity index (χ1n) is 9.13. The molecule has 1 saturated heterocycles. The van der Waals surface area contributed by atoms with Gasteiger partial charge in [0.1, 0.15) is 6.54 Å². The van der Waals surface area contributed by atoms with E-state index in [4.69, 9.17) is 0 Å². The van der Waals surface area contributed by atoms with Crippen LogP contribution in [-0.2, 0) is 17.9 Å². The van der Waals surface area contributed by atoms with Gasteiger partial charge in [-0.05, 0) is 43.1 Å². The number of pyridine rings is 1. The molecule has 0 unspecified atom stereocenters. The molecule has 1 aliphatic rings. The number of nitrogens with zero attached hydrogens (tertiary/aromatic N) is 3. The number of hydrogen-bond acceptors (Lipinski definition) is 4. The second kappa shape index (κ2) is 7.66. The number of carbonyl (C=O) groups is 1. The topological polar surface area (TPSA) is 71.8 Å². The third-order valence-electron chi connectivity index (χ3n) is 4.90. The normalized spacial score (nSPS) is 17.3. The molecule has 1 fully saturated rings. The highest BCUT2D eigenvalue weighted by molar-refractivity contribution is 5.82. The molecule has 1 atom stereocenters. The smallest absolute Gasteiger partial charge is 0.241 e. The van der Waals surface area contributed by atoms with Crippen LogP contribution in [0.15, 0.2) is 48.8 Å². The van der Waals surface area contributed by atoms with Crippen LogP contribution in [0, 0.1) is 0 Å². The Morgan fingerprint density at radius 3 is 3.08 bits per heavy atom. The SMILES string of the molecule is O=C(Cn1ccc([C@@H]2CCCNC2)n1)NCc1ccnc2ccccc12. The maximum atomic E-state index is 12.3. The maximum absolute atomic E-state index is 12.3. The summed E-state index contributed by atoms with van der Waals surface area (Å²) in [5.41, 5.74) is 3.08. The van der Waals surface area contributed by atoms with Gasteiger partial charge in [-0.15, -0.1) is 0 Å². The Bertz CT molecular complexity index is 893. The Labute approximate surface area is 152 Å². The lowest BCUT2D eigenvalue weighted by Gasteiger charge is -2.20. The van der Waals surface area contributed by atoms with E-state index in [0.717, 1.165) is 41.7 Å². The summed E-state index contributed by atoms with van der Waals surface area (Å²) in [6.45, 7) is 2.79. The average Bonchev–Trinajstić information content (AvgIpc) is 3.15. The van der Waals surface area contributed by atoms with Crippen molar-refractivity contribution in [3.05, 3.63) is 60.0 Å². The summed E-state index contributed by atoms with van der Waals surface area (Å²) >= 11 is 0. The van der Waals surface area contributed by atoms with Crippen molar-refractivity contribution in [2.75, 3.05) is 13.1 Å². The minimum Gasteiger partial charge on any atom is -0.350 e. The maximum Gasteiger partial charge on any atom is 0.241 e. The summed E-state index contributed by atoms with van der Waals surface area (Å²) in [7, 11) is 0. The molecule has 134 valence electrons. The number of aromatic nitrogens is 3. The molecule has 6 nitrogen and oxygen atoms in total. The molecule has 3 heterocycles. The fourth-order valence-electron chi connectivity index (χ4n) is 3.49. The average molecular weight is 349 g/mol. The van der Waals surface area contributed by atoms with Gasteiger partial charge in [-0.1, -0.05) is 18.2 Å². The first kappa shape index (κ1) is 16.7. The molecule has 1 amide bonds. The minimum atomic E-state index is -0.0395. The van der Waals surface area contributed by atoms with Gasteiger partial charge in [0.15, 0.2) is 0 Å². The van der Waals surface area contributed by atoms with Crippen LogP contribution in [0.3, 0.4) is 0 Å². The lowest BCUT2D eigenvalue weighted by molar-refractivity contribution is -0.122. The van der Waals surface area contributed by atoms with Gasteiger partial charge in [0.25, 0.3) is 0 Å². The molecular formula is C20H23N5O. The Morgan fingerprint density at radius 1 is 1.27 bits per heavy atom. The Balaban J connectivity index is 1.36. The van der Waals surface area contributed by atoms with Crippen LogP contribution < -0.4 is 10.6 Å². The van der Waals surface area contributed by atoms with Gasteiger partial charge >= 0.3 is 0 Å². The lowest BCUT2D eigenvalue weighted by Crippen LogP contribution is -2.29.